The summed E-state index contributed by atoms with van der Waals surface area (Å²) >= 11 is 6.25. The number of aliphatic hydroxyl groups excluding tert-OH is 1. The molecule has 1 aliphatic rings. The number of fused-ring (bicyclic) bond motifs is 1. The second-order valence-electron chi connectivity index (χ2n) is 8.04. The van der Waals surface area contributed by atoms with E-state index in [-0.39, 0.29) is 11.4 Å². The van der Waals surface area contributed by atoms with Gasteiger partial charge in [0.2, 0.25) is 0 Å². The van der Waals surface area contributed by atoms with Crippen molar-refractivity contribution in [2.24, 2.45) is 11.3 Å². The van der Waals surface area contributed by atoms with Crippen molar-refractivity contribution in [3.8, 4) is 0 Å². The summed E-state index contributed by atoms with van der Waals surface area (Å²) < 4.78 is 0. The van der Waals surface area contributed by atoms with E-state index >= 15 is 0 Å². The number of likely N-dealkylation sites (tertiary alicyclic amines) is 1. The lowest BCUT2D eigenvalue weighted by Gasteiger charge is -2.43. The first kappa shape index (κ1) is 20.0. The van der Waals surface area contributed by atoms with E-state index in [2.05, 4.69) is 29.4 Å². The number of nitrogens with one attached hydrogen (secondary N) is 2. The molecule has 1 saturated heterocycles. The number of aliphatic hydroxyl groups is 1. The Hall–Kier alpha value is -1.79. The predicted molar refractivity (Wildman–Crippen MR) is 108 cm³/mol. The molecule has 1 aromatic heterocycles. The Morgan fingerprint density at radius 1 is 1.44 bits per heavy atom. The van der Waals surface area contributed by atoms with Gasteiger partial charge in [-0.1, -0.05) is 32.4 Å². The van der Waals surface area contributed by atoms with Gasteiger partial charge in [0, 0.05) is 30.0 Å². The molecule has 1 atom stereocenters. The minimum Gasteiger partial charge on any atom is -0.388 e. The van der Waals surface area contributed by atoms with Gasteiger partial charge in [-0.05, 0) is 48.3 Å². The summed E-state index contributed by atoms with van der Waals surface area (Å²) in [5.41, 5.74) is 1.29. The van der Waals surface area contributed by atoms with Gasteiger partial charge in [0.15, 0.2) is 0 Å². The van der Waals surface area contributed by atoms with Gasteiger partial charge in [-0.3, -0.25) is 5.10 Å². The van der Waals surface area contributed by atoms with Crippen LogP contribution in [-0.4, -0.2) is 45.9 Å². The number of piperidine rings is 1. The highest BCUT2D eigenvalue weighted by Crippen LogP contribution is 2.46. The van der Waals surface area contributed by atoms with E-state index in [0.717, 1.165) is 35.7 Å². The average Bonchev–Trinajstić information content (AvgIpc) is 3.13. The highest BCUT2D eigenvalue weighted by Gasteiger charge is 2.40. The van der Waals surface area contributed by atoms with Crippen molar-refractivity contribution < 1.29 is 9.90 Å². The van der Waals surface area contributed by atoms with Gasteiger partial charge in [0.1, 0.15) is 0 Å². The molecule has 0 saturated carbocycles. The van der Waals surface area contributed by atoms with Crippen molar-refractivity contribution in [2.75, 3.05) is 19.6 Å². The third-order valence-electron chi connectivity index (χ3n) is 5.92. The van der Waals surface area contributed by atoms with E-state index in [9.17, 15) is 9.90 Å². The fraction of sp³-hybridized carbons (Fsp3) is 0.600. The summed E-state index contributed by atoms with van der Waals surface area (Å²) in [6.45, 7) is 8.38. The minimum absolute atomic E-state index is 0.0172. The zero-order valence-corrected chi connectivity index (χ0v) is 17.0. The summed E-state index contributed by atoms with van der Waals surface area (Å²) in [6, 6.07) is 3.67. The number of hydrogen-bond donors (Lipinski definition) is 3. The SMILES string of the molecule is CCCNC(=O)N1CCC(C(C)(C)C(O)c2cc(Cl)cc3[nH]ncc23)CC1. The second-order valence-corrected chi connectivity index (χ2v) is 8.48. The van der Waals surface area contributed by atoms with Crippen LogP contribution in [0.4, 0.5) is 4.79 Å². The Bertz CT molecular complexity index is 796. The average molecular weight is 393 g/mol. The Kier molecular flexibility index (Phi) is 5.96. The topological polar surface area (TPSA) is 81.3 Å². The summed E-state index contributed by atoms with van der Waals surface area (Å²) in [6.07, 6.45) is 3.75. The number of halogens is 1. The maximum absolute atomic E-state index is 12.2. The first-order chi connectivity index (χ1) is 12.8. The highest BCUT2D eigenvalue weighted by molar-refractivity contribution is 6.31. The van der Waals surface area contributed by atoms with Crippen molar-refractivity contribution in [1.82, 2.24) is 20.4 Å². The number of H-pyrrole nitrogens is 1. The third-order valence-corrected chi connectivity index (χ3v) is 6.13. The van der Waals surface area contributed by atoms with Gasteiger partial charge in [0.25, 0.3) is 0 Å². The van der Waals surface area contributed by atoms with Gasteiger partial charge in [0.05, 0.1) is 17.8 Å². The Morgan fingerprint density at radius 2 is 2.15 bits per heavy atom. The molecule has 1 aromatic carbocycles. The van der Waals surface area contributed by atoms with E-state index in [1.807, 2.05) is 24.0 Å². The van der Waals surface area contributed by atoms with Gasteiger partial charge in [-0.25, -0.2) is 4.79 Å². The van der Waals surface area contributed by atoms with E-state index < -0.39 is 6.10 Å². The minimum atomic E-state index is -0.665. The second kappa shape index (κ2) is 8.07. The molecule has 1 unspecified atom stereocenters. The fourth-order valence-electron chi connectivity index (χ4n) is 4.06. The first-order valence-electron chi connectivity index (χ1n) is 9.68. The molecule has 1 aliphatic heterocycles. The summed E-state index contributed by atoms with van der Waals surface area (Å²) in [7, 11) is 0. The lowest BCUT2D eigenvalue weighted by molar-refractivity contribution is -0.0142. The summed E-state index contributed by atoms with van der Waals surface area (Å²) in [4.78, 5) is 14.0. The van der Waals surface area contributed by atoms with Gasteiger partial charge >= 0.3 is 6.03 Å². The Labute approximate surface area is 165 Å². The molecule has 27 heavy (non-hydrogen) atoms. The van der Waals surface area contributed by atoms with Crippen LogP contribution in [0.25, 0.3) is 10.9 Å². The smallest absolute Gasteiger partial charge is 0.317 e. The quantitative estimate of drug-likeness (QED) is 0.716. The largest absolute Gasteiger partial charge is 0.388 e. The Balaban J connectivity index is 1.73. The van der Waals surface area contributed by atoms with Crippen LogP contribution < -0.4 is 5.32 Å². The zero-order chi connectivity index (χ0) is 19.6. The molecule has 0 bridgehead atoms. The summed E-state index contributed by atoms with van der Waals surface area (Å²) in [5, 5.41) is 22.7. The molecular weight excluding hydrogens is 364 g/mol. The van der Waals surface area contributed by atoms with E-state index in [4.69, 9.17) is 11.6 Å². The van der Waals surface area contributed by atoms with Crippen LogP contribution in [-0.2, 0) is 0 Å². The van der Waals surface area contributed by atoms with Gasteiger partial charge < -0.3 is 15.3 Å². The number of aromatic amines is 1. The molecule has 2 aromatic rings. The van der Waals surface area contributed by atoms with Crippen molar-refractivity contribution in [3.05, 3.63) is 28.9 Å². The molecule has 2 amide bonds. The number of nitrogens with zero attached hydrogens (tertiary/aromatic N) is 2. The third kappa shape index (κ3) is 4.06. The molecule has 7 heteroatoms. The van der Waals surface area contributed by atoms with E-state index in [1.54, 1.807) is 6.20 Å². The number of benzene rings is 1. The molecule has 3 N–H and O–H groups in total. The van der Waals surface area contributed by atoms with Crippen LogP contribution in [0.15, 0.2) is 18.3 Å². The van der Waals surface area contributed by atoms with Crippen LogP contribution in [0.1, 0.15) is 51.7 Å². The van der Waals surface area contributed by atoms with Crippen molar-refractivity contribution in [2.45, 2.75) is 46.1 Å². The lowest BCUT2D eigenvalue weighted by atomic mass is 9.68. The molecule has 6 nitrogen and oxygen atoms in total. The highest BCUT2D eigenvalue weighted by atomic mass is 35.5. The van der Waals surface area contributed by atoms with Crippen LogP contribution in [0, 0.1) is 11.3 Å². The number of urea groups is 1. The number of carbonyl (C=O) groups excluding carboxylic acids is 1. The zero-order valence-electron chi connectivity index (χ0n) is 16.3. The number of amides is 2. The van der Waals surface area contributed by atoms with E-state index in [0.29, 0.717) is 30.6 Å². The van der Waals surface area contributed by atoms with Crippen molar-refractivity contribution in [1.29, 1.82) is 0 Å². The van der Waals surface area contributed by atoms with E-state index in [1.165, 1.54) is 0 Å². The maximum atomic E-state index is 12.2. The summed E-state index contributed by atoms with van der Waals surface area (Å²) in [5.74, 6) is 0.309. The number of aromatic nitrogens is 2. The maximum Gasteiger partial charge on any atom is 0.317 e. The fourth-order valence-corrected chi connectivity index (χ4v) is 4.29. The Morgan fingerprint density at radius 3 is 2.81 bits per heavy atom. The number of carbonyl (C=O) groups is 1. The molecule has 0 aliphatic carbocycles. The molecule has 2 heterocycles. The predicted octanol–water partition coefficient (Wildman–Crippen LogP) is 4.11. The van der Waals surface area contributed by atoms with Gasteiger partial charge in [-0.15, -0.1) is 0 Å². The monoisotopic (exact) mass is 392 g/mol. The first-order valence-corrected chi connectivity index (χ1v) is 10.1. The van der Waals surface area contributed by atoms with Crippen LogP contribution in [0.3, 0.4) is 0 Å². The normalized spacial score (nSPS) is 17.3. The lowest BCUT2D eigenvalue weighted by Crippen LogP contribution is -2.47. The molecule has 0 radical (unpaired) electrons. The van der Waals surface area contributed by atoms with Crippen LogP contribution in [0.2, 0.25) is 5.02 Å². The van der Waals surface area contributed by atoms with Crippen molar-refractivity contribution in [3.63, 3.8) is 0 Å². The van der Waals surface area contributed by atoms with Gasteiger partial charge in [-0.2, -0.15) is 5.10 Å². The molecular formula is C20H29ClN4O2. The standard InChI is InChI=1S/C20H29ClN4O2/c1-4-7-22-19(27)25-8-5-13(6-9-25)20(2,3)18(26)15-10-14(21)11-17-16(15)12-23-24-17/h10-13,18,26H,4-9H2,1-3H3,(H,22,27)(H,23,24). The van der Waals surface area contributed by atoms with Crippen LogP contribution in [0.5, 0.6) is 0 Å². The molecule has 3 rings (SSSR count). The van der Waals surface area contributed by atoms with Crippen molar-refractivity contribution >= 4 is 28.5 Å². The molecule has 148 valence electrons. The van der Waals surface area contributed by atoms with Crippen LogP contribution >= 0.6 is 11.6 Å². The number of hydrogen-bond acceptors (Lipinski definition) is 3. The molecule has 1 fully saturated rings. The molecule has 0 spiro atoms. The number of rotatable bonds is 5.